The number of amides is 2. The Balaban J connectivity index is 1.68. The van der Waals surface area contributed by atoms with Crippen LogP contribution < -0.4 is 10.1 Å². The van der Waals surface area contributed by atoms with Crippen molar-refractivity contribution in [2.24, 2.45) is 0 Å². The molecule has 0 saturated carbocycles. The molecule has 0 atom stereocenters. The zero-order valence-corrected chi connectivity index (χ0v) is 13.0. The molecule has 24 heavy (non-hydrogen) atoms. The van der Waals surface area contributed by atoms with Crippen molar-refractivity contribution in [2.45, 2.75) is 31.3 Å². The van der Waals surface area contributed by atoms with Crippen LogP contribution in [0.2, 0.25) is 0 Å². The maximum absolute atomic E-state index is 13.8. The zero-order valence-electron chi connectivity index (χ0n) is 13.0. The van der Waals surface area contributed by atoms with Crippen LogP contribution in [0.15, 0.2) is 12.1 Å². The van der Waals surface area contributed by atoms with E-state index < -0.39 is 17.5 Å². The van der Waals surface area contributed by atoms with Gasteiger partial charge >= 0.3 is 6.09 Å². The van der Waals surface area contributed by atoms with Gasteiger partial charge in [-0.15, -0.1) is 0 Å². The summed E-state index contributed by atoms with van der Waals surface area (Å²) in [5.74, 6) is -0.322. The van der Waals surface area contributed by atoms with Crippen molar-refractivity contribution in [3.8, 4) is 5.75 Å². The molecule has 1 fully saturated rings. The Labute approximate surface area is 138 Å². The summed E-state index contributed by atoms with van der Waals surface area (Å²) in [6, 6.07) is 2.71. The lowest BCUT2D eigenvalue weighted by Gasteiger charge is -2.36. The Kier molecular flexibility index (Phi) is 4.31. The molecule has 3 rings (SSSR count). The van der Waals surface area contributed by atoms with Crippen LogP contribution >= 0.6 is 0 Å². The minimum atomic E-state index is -1.12. The van der Waals surface area contributed by atoms with Crippen LogP contribution in [0.3, 0.4) is 0 Å². The monoisotopic (exact) mass is 338 g/mol. The SMILES string of the molecule is O=C1CCc2c(OCC3(O)CCN(C(=O)O)CC3)ccc(F)c2N1. The number of nitrogens with one attached hydrogen (secondary N) is 1. The molecule has 1 aromatic rings. The number of carboxylic acid groups (broad SMARTS) is 1. The summed E-state index contributed by atoms with van der Waals surface area (Å²) in [5.41, 5.74) is -0.400. The molecule has 0 aromatic heterocycles. The molecule has 3 N–H and O–H groups in total. The molecule has 2 amide bonds. The molecule has 7 nitrogen and oxygen atoms in total. The largest absolute Gasteiger partial charge is 0.490 e. The first kappa shape index (κ1) is 16.5. The summed E-state index contributed by atoms with van der Waals surface area (Å²) in [6.45, 7) is 0.478. The highest BCUT2D eigenvalue weighted by molar-refractivity contribution is 5.94. The highest BCUT2D eigenvalue weighted by atomic mass is 19.1. The average molecular weight is 338 g/mol. The lowest BCUT2D eigenvalue weighted by Crippen LogP contribution is -2.49. The number of aliphatic hydroxyl groups is 1. The number of likely N-dealkylation sites (tertiary alicyclic amines) is 1. The van der Waals surface area contributed by atoms with Crippen LogP contribution in [0, 0.1) is 5.82 Å². The Morgan fingerprint density at radius 2 is 2.04 bits per heavy atom. The number of fused-ring (bicyclic) bond motifs is 1. The van der Waals surface area contributed by atoms with Gasteiger partial charge in [0.05, 0.1) is 5.69 Å². The number of hydrogen-bond donors (Lipinski definition) is 3. The Morgan fingerprint density at radius 3 is 2.71 bits per heavy atom. The summed E-state index contributed by atoms with van der Waals surface area (Å²) < 4.78 is 19.5. The maximum atomic E-state index is 13.8. The normalized spacial score (nSPS) is 19.4. The second-order valence-electron chi connectivity index (χ2n) is 6.23. The van der Waals surface area contributed by atoms with Crippen LogP contribution in [-0.2, 0) is 11.2 Å². The first-order valence-electron chi connectivity index (χ1n) is 7.82. The van der Waals surface area contributed by atoms with E-state index in [1.54, 1.807) is 0 Å². The van der Waals surface area contributed by atoms with E-state index in [1.807, 2.05) is 0 Å². The van der Waals surface area contributed by atoms with E-state index in [2.05, 4.69) is 5.32 Å². The smallest absolute Gasteiger partial charge is 0.407 e. The number of ether oxygens (including phenoxy) is 1. The van der Waals surface area contributed by atoms with E-state index in [4.69, 9.17) is 9.84 Å². The van der Waals surface area contributed by atoms with Crippen LogP contribution in [0.5, 0.6) is 5.75 Å². The lowest BCUT2D eigenvalue weighted by atomic mass is 9.92. The highest BCUT2D eigenvalue weighted by Crippen LogP contribution is 2.34. The summed E-state index contributed by atoms with van der Waals surface area (Å²) in [5, 5.41) is 22.0. The van der Waals surface area contributed by atoms with Gasteiger partial charge in [0.1, 0.15) is 23.8 Å². The summed E-state index contributed by atoms with van der Waals surface area (Å²) in [7, 11) is 0. The minimum absolute atomic E-state index is 0.00746. The predicted octanol–water partition coefficient (Wildman–Crippen LogP) is 1.59. The van der Waals surface area contributed by atoms with Crippen molar-refractivity contribution in [1.29, 1.82) is 0 Å². The number of carbonyl (C=O) groups excluding carboxylic acids is 1. The van der Waals surface area contributed by atoms with E-state index in [9.17, 15) is 19.1 Å². The van der Waals surface area contributed by atoms with Crippen molar-refractivity contribution >= 4 is 17.7 Å². The summed E-state index contributed by atoms with van der Waals surface area (Å²) >= 11 is 0. The molecule has 0 spiro atoms. The third-order valence-corrected chi connectivity index (χ3v) is 4.55. The zero-order chi connectivity index (χ0) is 17.3. The second kappa shape index (κ2) is 6.27. The van der Waals surface area contributed by atoms with Crippen LogP contribution in [-0.4, -0.2) is 52.4 Å². The van der Waals surface area contributed by atoms with E-state index in [1.165, 1.54) is 17.0 Å². The number of carbonyl (C=O) groups is 2. The van der Waals surface area contributed by atoms with E-state index in [0.29, 0.717) is 17.7 Å². The Bertz CT molecular complexity index is 671. The number of nitrogens with zero attached hydrogens (tertiary/aromatic N) is 1. The molecule has 130 valence electrons. The molecule has 2 heterocycles. The number of halogens is 1. The van der Waals surface area contributed by atoms with Crippen molar-refractivity contribution in [2.75, 3.05) is 25.0 Å². The number of rotatable bonds is 3. The molecule has 8 heteroatoms. The number of anilines is 1. The van der Waals surface area contributed by atoms with Crippen molar-refractivity contribution in [3.05, 3.63) is 23.5 Å². The highest BCUT2D eigenvalue weighted by Gasteiger charge is 2.35. The molecule has 0 bridgehead atoms. The molecule has 2 aliphatic heterocycles. The molecular formula is C16H19FN2O5. The molecular weight excluding hydrogens is 319 g/mol. The van der Waals surface area contributed by atoms with Gasteiger partial charge in [-0.05, 0) is 31.4 Å². The molecule has 2 aliphatic rings. The van der Waals surface area contributed by atoms with Gasteiger partial charge in [-0.25, -0.2) is 9.18 Å². The summed E-state index contributed by atoms with van der Waals surface area (Å²) in [6.07, 6.45) is 0.185. The van der Waals surface area contributed by atoms with Gasteiger partial charge in [-0.3, -0.25) is 4.79 Å². The van der Waals surface area contributed by atoms with Gasteiger partial charge in [0, 0.05) is 25.1 Å². The average Bonchev–Trinajstić information content (AvgIpc) is 2.55. The third kappa shape index (κ3) is 3.28. The third-order valence-electron chi connectivity index (χ3n) is 4.55. The standard InChI is InChI=1S/C16H19FN2O5/c17-11-2-3-12(10-1-4-13(20)18-14(10)11)24-9-16(23)5-7-19(8-6-16)15(21)22/h2-3,23H,1,4-9H2,(H,18,20)(H,21,22). The fraction of sp³-hybridized carbons (Fsp3) is 0.500. The van der Waals surface area contributed by atoms with Crippen LogP contribution in [0.25, 0.3) is 0 Å². The molecule has 1 aromatic carbocycles. The van der Waals surface area contributed by atoms with Gasteiger partial charge in [-0.1, -0.05) is 0 Å². The molecule has 0 unspecified atom stereocenters. The number of piperidine rings is 1. The molecule has 0 radical (unpaired) electrons. The second-order valence-corrected chi connectivity index (χ2v) is 6.23. The first-order chi connectivity index (χ1) is 11.4. The van der Waals surface area contributed by atoms with Crippen molar-refractivity contribution < 1.29 is 28.9 Å². The lowest BCUT2D eigenvalue weighted by molar-refractivity contribution is -0.116. The van der Waals surface area contributed by atoms with E-state index in [0.717, 1.165) is 0 Å². The van der Waals surface area contributed by atoms with E-state index >= 15 is 0 Å². The van der Waals surface area contributed by atoms with E-state index in [-0.39, 0.29) is 50.6 Å². The number of hydrogen-bond acceptors (Lipinski definition) is 4. The van der Waals surface area contributed by atoms with Gasteiger partial charge in [0.25, 0.3) is 0 Å². The van der Waals surface area contributed by atoms with Gasteiger partial charge in [0.2, 0.25) is 5.91 Å². The fourth-order valence-corrected chi connectivity index (χ4v) is 3.03. The van der Waals surface area contributed by atoms with Gasteiger partial charge < -0.3 is 25.2 Å². The minimum Gasteiger partial charge on any atom is -0.490 e. The van der Waals surface area contributed by atoms with Crippen molar-refractivity contribution in [1.82, 2.24) is 4.90 Å². The Morgan fingerprint density at radius 1 is 1.33 bits per heavy atom. The van der Waals surface area contributed by atoms with Crippen LogP contribution in [0.4, 0.5) is 14.9 Å². The molecule has 0 aliphatic carbocycles. The van der Waals surface area contributed by atoms with Gasteiger partial charge in [0.15, 0.2) is 0 Å². The predicted molar refractivity (Wildman–Crippen MR) is 82.6 cm³/mol. The molecule has 1 saturated heterocycles. The topological polar surface area (TPSA) is 99.1 Å². The maximum Gasteiger partial charge on any atom is 0.407 e. The Hall–Kier alpha value is -2.35. The quantitative estimate of drug-likeness (QED) is 0.777. The van der Waals surface area contributed by atoms with Crippen molar-refractivity contribution in [3.63, 3.8) is 0 Å². The van der Waals surface area contributed by atoms with Crippen LogP contribution in [0.1, 0.15) is 24.8 Å². The first-order valence-corrected chi connectivity index (χ1v) is 7.82. The van der Waals surface area contributed by atoms with Gasteiger partial charge in [-0.2, -0.15) is 0 Å². The fourth-order valence-electron chi connectivity index (χ4n) is 3.03. The number of benzene rings is 1. The summed E-state index contributed by atoms with van der Waals surface area (Å²) in [4.78, 5) is 23.6.